The van der Waals surface area contributed by atoms with Crippen LogP contribution in [-0.4, -0.2) is 16.5 Å². The summed E-state index contributed by atoms with van der Waals surface area (Å²) in [6.45, 7) is 0.678. The fourth-order valence-corrected chi connectivity index (χ4v) is 2.65. The zero-order valence-corrected chi connectivity index (χ0v) is 9.72. The van der Waals surface area contributed by atoms with Crippen molar-refractivity contribution in [1.82, 2.24) is 9.97 Å². The minimum absolute atomic E-state index is 0.0624. The number of rotatable bonds is 4. The molecule has 4 heteroatoms. The SMILES string of the molecule is NCCCc1[nH]c(=O)[nH]c1C1CCCCC1. The molecule has 0 saturated heterocycles. The fourth-order valence-electron chi connectivity index (χ4n) is 2.65. The maximum absolute atomic E-state index is 11.4. The lowest BCUT2D eigenvalue weighted by atomic mass is 9.86. The molecule has 1 aromatic heterocycles. The zero-order chi connectivity index (χ0) is 11.4. The largest absolute Gasteiger partial charge is 0.330 e. The third-order valence-electron chi connectivity index (χ3n) is 3.48. The van der Waals surface area contributed by atoms with Crippen molar-refractivity contribution in [2.45, 2.75) is 50.9 Å². The lowest BCUT2D eigenvalue weighted by Gasteiger charge is -2.21. The van der Waals surface area contributed by atoms with Crippen LogP contribution in [0.25, 0.3) is 0 Å². The van der Waals surface area contributed by atoms with Crippen molar-refractivity contribution in [1.29, 1.82) is 0 Å². The van der Waals surface area contributed by atoms with Gasteiger partial charge < -0.3 is 15.7 Å². The molecule has 0 spiro atoms. The molecule has 0 radical (unpaired) electrons. The molecule has 1 heterocycles. The van der Waals surface area contributed by atoms with E-state index < -0.39 is 0 Å². The minimum Gasteiger partial charge on any atom is -0.330 e. The van der Waals surface area contributed by atoms with Gasteiger partial charge in [0.2, 0.25) is 0 Å². The smallest absolute Gasteiger partial charge is 0.323 e. The van der Waals surface area contributed by atoms with Crippen molar-refractivity contribution in [3.63, 3.8) is 0 Å². The Balaban J connectivity index is 2.14. The van der Waals surface area contributed by atoms with Gasteiger partial charge in [-0.1, -0.05) is 19.3 Å². The predicted molar refractivity (Wildman–Crippen MR) is 64.6 cm³/mol. The summed E-state index contributed by atoms with van der Waals surface area (Å²) in [5, 5.41) is 0. The number of nitrogens with two attached hydrogens (primary N) is 1. The number of H-pyrrole nitrogens is 2. The van der Waals surface area contributed by atoms with Crippen molar-refractivity contribution in [3.05, 3.63) is 21.9 Å². The Bertz CT molecular complexity index is 374. The van der Waals surface area contributed by atoms with Crippen LogP contribution in [0, 0.1) is 0 Å². The summed E-state index contributed by atoms with van der Waals surface area (Å²) in [6.07, 6.45) is 8.16. The zero-order valence-electron chi connectivity index (χ0n) is 9.72. The van der Waals surface area contributed by atoms with Gasteiger partial charge in [-0.15, -0.1) is 0 Å². The second-order valence-electron chi connectivity index (χ2n) is 4.70. The van der Waals surface area contributed by atoms with Crippen LogP contribution in [-0.2, 0) is 6.42 Å². The Labute approximate surface area is 95.6 Å². The Morgan fingerprint density at radius 2 is 1.94 bits per heavy atom. The number of imidazole rings is 1. The van der Waals surface area contributed by atoms with E-state index in [-0.39, 0.29) is 5.69 Å². The summed E-state index contributed by atoms with van der Waals surface area (Å²) in [5.41, 5.74) is 7.68. The van der Waals surface area contributed by atoms with E-state index >= 15 is 0 Å². The van der Waals surface area contributed by atoms with Gasteiger partial charge in [0.25, 0.3) is 0 Å². The second kappa shape index (κ2) is 5.34. The number of aromatic amines is 2. The second-order valence-corrected chi connectivity index (χ2v) is 4.70. The molecule has 1 aromatic rings. The van der Waals surface area contributed by atoms with Crippen LogP contribution < -0.4 is 11.4 Å². The molecule has 1 saturated carbocycles. The highest BCUT2D eigenvalue weighted by atomic mass is 16.1. The van der Waals surface area contributed by atoms with Gasteiger partial charge >= 0.3 is 5.69 Å². The summed E-state index contributed by atoms with van der Waals surface area (Å²) in [4.78, 5) is 17.3. The molecule has 0 atom stereocenters. The van der Waals surface area contributed by atoms with E-state index in [0.29, 0.717) is 12.5 Å². The molecular weight excluding hydrogens is 202 g/mol. The van der Waals surface area contributed by atoms with Crippen LogP contribution in [0.3, 0.4) is 0 Å². The lowest BCUT2D eigenvalue weighted by molar-refractivity contribution is 0.435. The van der Waals surface area contributed by atoms with Crippen molar-refractivity contribution < 1.29 is 0 Å². The molecule has 1 aliphatic carbocycles. The fraction of sp³-hybridized carbons (Fsp3) is 0.750. The van der Waals surface area contributed by atoms with Crippen molar-refractivity contribution in [3.8, 4) is 0 Å². The van der Waals surface area contributed by atoms with Crippen LogP contribution >= 0.6 is 0 Å². The topological polar surface area (TPSA) is 74.7 Å². The molecule has 0 amide bonds. The molecule has 1 fully saturated rings. The average Bonchev–Trinajstić information content (AvgIpc) is 2.69. The van der Waals surface area contributed by atoms with E-state index in [1.165, 1.54) is 32.1 Å². The molecule has 2 rings (SSSR count). The van der Waals surface area contributed by atoms with E-state index in [2.05, 4.69) is 9.97 Å². The first-order valence-corrected chi connectivity index (χ1v) is 6.32. The van der Waals surface area contributed by atoms with E-state index in [9.17, 15) is 4.79 Å². The van der Waals surface area contributed by atoms with Gasteiger partial charge in [0, 0.05) is 17.3 Å². The first-order valence-electron chi connectivity index (χ1n) is 6.32. The molecule has 0 aliphatic heterocycles. The molecule has 90 valence electrons. The highest BCUT2D eigenvalue weighted by Gasteiger charge is 2.20. The van der Waals surface area contributed by atoms with Crippen molar-refractivity contribution in [2.75, 3.05) is 6.54 Å². The number of hydrogen-bond donors (Lipinski definition) is 3. The first kappa shape index (κ1) is 11.5. The van der Waals surface area contributed by atoms with Crippen LogP contribution in [0.15, 0.2) is 4.79 Å². The number of hydrogen-bond acceptors (Lipinski definition) is 2. The minimum atomic E-state index is -0.0624. The first-order chi connectivity index (χ1) is 7.81. The van der Waals surface area contributed by atoms with Crippen molar-refractivity contribution in [2.24, 2.45) is 5.73 Å². The van der Waals surface area contributed by atoms with Gasteiger partial charge in [-0.25, -0.2) is 4.79 Å². The Hall–Kier alpha value is -1.03. The quantitative estimate of drug-likeness (QED) is 0.726. The van der Waals surface area contributed by atoms with Crippen LogP contribution in [0.1, 0.15) is 55.8 Å². The summed E-state index contributed by atoms with van der Waals surface area (Å²) in [5.74, 6) is 0.556. The van der Waals surface area contributed by atoms with Gasteiger partial charge in [-0.2, -0.15) is 0 Å². The van der Waals surface area contributed by atoms with Crippen LogP contribution in [0.5, 0.6) is 0 Å². The Kier molecular flexibility index (Phi) is 3.83. The van der Waals surface area contributed by atoms with E-state index in [4.69, 9.17) is 5.73 Å². The Morgan fingerprint density at radius 3 is 2.62 bits per heavy atom. The predicted octanol–water partition coefficient (Wildman–Crippen LogP) is 1.64. The molecule has 0 bridgehead atoms. The summed E-state index contributed by atoms with van der Waals surface area (Å²) >= 11 is 0. The van der Waals surface area contributed by atoms with Gasteiger partial charge in [-0.05, 0) is 32.2 Å². The average molecular weight is 223 g/mol. The summed E-state index contributed by atoms with van der Waals surface area (Å²) in [7, 11) is 0. The molecule has 4 N–H and O–H groups in total. The molecular formula is C12H21N3O. The van der Waals surface area contributed by atoms with E-state index in [1.807, 2.05) is 0 Å². The lowest BCUT2D eigenvalue weighted by Crippen LogP contribution is -2.09. The third-order valence-corrected chi connectivity index (χ3v) is 3.48. The van der Waals surface area contributed by atoms with Gasteiger partial charge in [0.15, 0.2) is 0 Å². The van der Waals surface area contributed by atoms with Crippen LogP contribution in [0.2, 0.25) is 0 Å². The van der Waals surface area contributed by atoms with E-state index in [1.54, 1.807) is 0 Å². The number of nitrogens with one attached hydrogen (secondary N) is 2. The standard InChI is InChI=1S/C12H21N3O/c13-8-4-7-10-11(15-12(16)14-10)9-5-2-1-3-6-9/h9H,1-8,13H2,(H2,14,15,16). The highest BCUT2D eigenvalue weighted by Crippen LogP contribution is 2.32. The van der Waals surface area contributed by atoms with Gasteiger partial charge in [0.05, 0.1) is 0 Å². The number of aromatic nitrogens is 2. The van der Waals surface area contributed by atoms with Gasteiger partial charge in [0.1, 0.15) is 0 Å². The maximum Gasteiger partial charge on any atom is 0.323 e. The summed E-state index contributed by atoms with van der Waals surface area (Å²) in [6, 6.07) is 0. The van der Waals surface area contributed by atoms with Gasteiger partial charge in [-0.3, -0.25) is 0 Å². The molecule has 0 unspecified atom stereocenters. The molecule has 4 nitrogen and oxygen atoms in total. The molecule has 1 aliphatic rings. The maximum atomic E-state index is 11.4. The highest BCUT2D eigenvalue weighted by molar-refractivity contribution is 5.17. The Morgan fingerprint density at radius 1 is 1.19 bits per heavy atom. The van der Waals surface area contributed by atoms with Crippen LogP contribution in [0.4, 0.5) is 0 Å². The molecule has 0 aromatic carbocycles. The monoisotopic (exact) mass is 223 g/mol. The molecule has 16 heavy (non-hydrogen) atoms. The normalized spacial score (nSPS) is 17.8. The number of aryl methyl sites for hydroxylation is 1. The third kappa shape index (κ3) is 2.55. The van der Waals surface area contributed by atoms with Crippen molar-refractivity contribution >= 4 is 0 Å². The summed E-state index contributed by atoms with van der Waals surface area (Å²) < 4.78 is 0. The van der Waals surface area contributed by atoms with E-state index in [0.717, 1.165) is 24.2 Å².